The summed E-state index contributed by atoms with van der Waals surface area (Å²) in [4.78, 5) is 10.5. The normalized spacial score (nSPS) is 13.2. The minimum Gasteiger partial charge on any atom is -0.228 e. The van der Waals surface area contributed by atoms with Crippen LogP contribution in [-0.2, 0) is 5.41 Å². The maximum atomic E-state index is 5.26. The van der Waals surface area contributed by atoms with E-state index in [1.165, 1.54) is 76.8 Å². The van der Waals surface area contributed by atoms with Gasteiger partial charge in [0.2, 0.25) is 0 Å². The van der Waals surface area contributed by atoms with Crippen LogP contribution in [-0.4, -0.2) is 9.97 Å². The lowest BCUT2D eigenvalue weighted by molar-refractivity contribution is 0.795. The van der Waals surface area contributed by atoms with Gasteiger partial charge in [0.1, 0.15) is 0 Å². The topological polar surface area (TPSA) is 25.8 Å². The monoisotopic (exact) mass is 696 g/mol. The number of fused-ring (bicyclic) bond motifs is 16. The number of benzene rings is 9. The third kappa shape index (κ3) is 4.19. The van der Waals surface area contributed by atoms with E-state index < -0.39 is 5.41 Å². The molecule has 0 saturated heterocycles. The van der Waals surface area contributed by atoms with Crippen LogP contribution in [0.15, 0.2) is 194 Å². The number of nitrogens with zero attached hydrogens (tertiary/aromatic N) is 2. The fraction of sp³-hybridized carbons (Fsp3) is 0.0189. The standard InChI is InChI=1S/C53H32N2/c1-3-15-33(16-4-1)50-32-51(34-17-5-2-6-18-34)55-52(54-50)35-27-28-48-44(29-35)45-30-42-38-21-9-7-19-36(38)37-20-8-10-22-39(37)43(42)31-49(45)53(48)46-25-13-11-23-40(46)41-24-12-14-26-47(41)53/h1-32H. The fourth-order valence-corrected chi connectivity index (χ4v) is 9.77. The van der Waals surface area contributed by atoms with Crippen LogP contribution < -0.4 is 0 Å². The molecule has 2 aliphatic rings. The van der Waals surface area contributed by atoms with E-state index in [0.717, 1.165) is 33.9 Å². The summed E-state index contributed by atoms with van der Waals surface area (Å²) >= 11 is 0. The molecule has 55 heavy (non-hydrogen) atoms. The predicted molar refractivity (Wildman–Crippen MR) is 227 cm³/mol. The van der Waals surface area contributed by atoms with E-state index >= 15 is 0 Å². The van der Waals surface area contributed by atoms with Gasteiger partial charge >= 0.3 is 0 Å². The van der Waals surface area contributed by atoms with Gasteiger partial charge in [0.25, 0.3) is 0 Å². The summed E-state index contributed by atoms with van der Waals surface area (Å²) in [6.45, 7) is 0. The van der Waals surface area contributed by atoms with E-state index in [1.807, 2.05) is 12.1 Å². The Morgan fingerprint density at radius 1 is 0.273 bits per heavy atom. The third-order valence-electron chi connectivity index (χ3n) is 12.1. The van der Waals surface area contributed by atoms with E-state index in [4.69, 9.17) is 9.97 Å². The Morgan fingerprint density at radius 2 is 0.709 bits per heavy atom. The molecular formula is C53H32N2. The van der Waals surface area contributed by atoms with Crippen LogP contribution in [0, 0.1) is 0 Å². The van der Waals surface area contributed by atoms with Crippen LogP contribution >= 0.6 is 0 Å². The number of hydrogen-bond acceptors (Lipinski definition) is 2. The highest BCUT2D eigenvalue weighted by molar-refractivity contribution is 6.26. The average Bonchev–Trinajstić information content (AvgIpc) is 3.73. The molecule has 254 valence electrons. The van der Waals surface area contributed by atoms with Crippen molar-refractivity contribution in [3.05, 3.63) is 216 Å². The molecule has 2 heteroatoms. The van der Waals surface area contributed by atoms with Gasteiger partial charge in [-0.3, -0.25) is 0 Å². The zero-order chi connectivity index (χ0) is 36.1. The molecule has 0 amide bonds. The van der Waals surface area contributed by atoms with E-state index in [0.29, 0.717) is 0 Å². The van der Waals surface area contributed by atoms with Gasteiger partial charge in [-0.15, -0.1) is 0 Å². The summed E-state index contributed by atoms with van der Waals surface area (Å²) in [5.41, 5.74) is 14.9. The lowest BCUT2D eigenvalue weighted by Crippen LogP contribution is -2.25. The second kappa shape index (κ2) is 11.4. The minimum absolute atomic E-state index is 0.473. The Labute approximate surface area is 319 Å². The van der Waals surface area contributed by atoms with Crippen LogP contribution in [0.3, 0.4) is 0 Å². The highest BCUT2D eigenvalue weighted by atomic mass is 14.9. The summed E-state index contributed by atoms with van der Waals surface area (Å²) in [7, 11) is 0. The Morgan fingerprint density at radius 3 is 1.27 bits per heavy atom. The average molecular weight is 697 g/mol. The Hall–Kier alpha value is -7.16. The van der Waals surface area contributed by atoms with E-state index in [9.17, 15) is 0 Å². The minimum atomic E-state index is -0.473. The third-order valence-corrected chi connectivity index (χ3v) is 12.1. The molecule has 1 spiro atoms. The van der Waals surface area contributed by atoms with Gasteiger partial charge in [-0.25, -0.2) is 9.97 Å². The number of hydrogen-bond donors (Lipinski definition) is 0. The maximum Gasteiger partial charge on any atom is 0.160 e. The van der Waals surface area contributed by atoms with Crippen LogP contribution in [0.4, 0.5) is 0 Å². The van der Waals surface area contributed by atoms with Crippen molar-refractivity contribution in [2.24, 2.45) is 0 Å². The first-order valence-corrected chi connectivity index (χ1v) is 19.0. The quantitative estimate of drug-likeness (QED) is 0.172. The van der Waals surface area contributed by atoms with Gasteiger partial charge in [0, 0.05) is 16.7 Å². The molecule has 2 aliphatic carbocycles. The zero-order valence-electron chi connectivity index (χ0n) is 29.9. The molecule has 0 aliphatic heterocycles. The van der Waals surface area contributed by atoms with Crippen molar-refractivity contribution in [3.63, 3.8) is 0 Å². The SMILES string of the molecule is c1ccc(-c2cc(-c3ccccc3)nc(-c3ccc4c(c3)-c3cc5c6ccccc6c6ccccc6c5cc3C43c4ccccc4-c4ccccc43)n2)cc1. The molecule has 0 radical (unpaired) electrons. The summed E-state index contributed by atoms with van der Waals surface area (Å²) in [5, 5.41) is 7.68. The predicted octanol–water partition coefficient (Wildman–Crippen LogP) is 13.3. The van der Waals surface area contributed by atoms with Crippen molar-refractivity contribution in [1.82, 2.24) is 9.97 Å². The van der Waals surface area contributed by atoms with Crippen molar-refractivity contribution >= 4 is 32.3 Å². The lowest BCUT2D eigenvalue weighted by Gasteiger charge is -2.30. The molecule has 1 heterocycles. The molecule has 0 saturated carbocycles. The molecule has 2 nitrogen and oxygen atoms in total. The highest BCUT2D eigenvalue weighted by Gasteiger charge is 2.51. The molecular weight excluding hydrogens is 665 g/mol. The van der Waals surface area contributed by atoms with Gasteiger partial charge < -0.3 is 0 Å². The van der Waals surface area contributed by atoms with Gasteiger partial charge in [-0.2, -0.15) is 0 Å². The second-order valence-corrected chi connectivity index (χ2v) is 14.8. The van der Waals surface area contributed by atoms with Crippen LogP contribution in [0.25, 0.3) is 88.5 Å². The van der Waals surface area contributed by atoms with Crippen molar-refractivity contribution < 1.29 is 0 Å². The molecule has 10 aromatic rings. The Kier molecular flexibility index (Phi) is 6.29. The number of rotatable bonds is 3. The Bertz CT molecular complexity index is 3100. The van der Waals surface area contributed by atoms with E-state index in [2.05, 4.69) is 182 Å². The summed E-state index contributed by atoms with van der Waals surface area (Å²) in [6, 6.07) is 70.8. The fourth-order valence-electron chi connectivity index (χ4n) is 9.77. The van der Waals surface area contributed by atoms with Crippen LogP contribution in [0.1, 0.15) is 22.3 Å². The lowest BCUT2D eigenvalue weighted by atomic mass is 9.70. The number of aromatic nitrogens is 2. The van der Waals surface area contributed by atoms with Gasteiger partial charge in [0.05, 0.1) is 16.8 Å². The smallest absolute Gasteiger partial charge is 0.160 e. The summed E-state index contributed by atoms with van der Waals surface area (Å²) in [6.07, 6.45) is 0. The molecule has 9 aromatic carbocycles. The molecule has 1 aromatic heterocycles. The maximum absolute atomic E-state index is 5.26. The van der Waals surface area contributed by atoms with Crippen molar-refractivity contribution in [2.75, 3.05) is 0 Å². The molecule has 0 fully saturated rings. The van der Waals surface area contributed by atoms with Gasteiger partial charge in [-0.05, 0) is 101 Å². The summed E-state index contributed by atoms with van der Waals surface area (Å²) in [5.74, 6) is 0.718. The van der Waals surface area contributed by atoms with Crippen molar-refractivity contribution in [2.45, 2.75) is 5.41 Å². The van der Waals surface area contributed by atoms with Crippen LogP contribution in [0.5, 0.6) is 0 Å². The first-order chi connectivity index (χ1) is 27.3. The second-order valence-electron chi connectivity index (χ2n) is 14.8. The molecule has 12 rings (SSSR count). The van der Waals surface area contributed by atoms with Gasteiger partial charge in [0.15, 0.2) is 5.82 Å². The van der Waals surface area contributed by atoms with E-state index in [1.54, 1.807) is 0 Å². The van der Waals surface area contributed by atoms with E-state index in [-0.39, 0.29) is 0 Å². The first kappa shape index (κ1) is 30.3. The first-order valence-electron chi connectivity index (χ1n) is 19.0. The summed E-state index contributed by atoms with van der Waals surface area (Å²) < 4.78 is 0. The molecule has 0 bridgehead atoms. The van der Waals surface area contributed by atoms with Gasteiger partial charge in [-0.1, -0.05) is 170 Å². The molecule has 0 atom stereocenters. The largest absolute Gasteiger partial charge is 0.228 e. The van der Waals surface area contributed by atoms with Crippen molar-refractivity contribution in [3.8, 4) is 56.2 Å². The van der Waals surface area contributed by atoms with Crippen LogP contribution in [0.2, 0.25) is 0 Å². The molecule has 0 unspecified atom stereocenters. The molecule has 0 N–H and O–H groups in total. The highest BCUT2D eigenvalue weighted by Crippen LogP contribution is 2.63. The zero-order valence-corrected chi connectivity index (χ0v) is 29.9. The Balaban J connectivity index is 1.19. The van der Waals surface area contributed by atoms with Crippen molar-refractivity contribution in [1.29, 1.82) is 0 Å².